The van der Waals surface area contributed by atoms with Crippen LogP contribution in [0.2, 0.25) is 0 Å². The molecule has 0 atom stereocenters. The lowest BCUT2D eigenvalue weighted by Crippen LogP contribution is -2.08. The van der Waals surface area contributed by atoms with Gasteiger partial charge in [-0.3, -0.25) is 0 Å². The van der Waals surface area contributed by atoms with Gasteiger partial charge in [0.15, 0.2) is 11.6 Å². The van der Waals surface area contributed by atoms with Gasteiger partial charge in [-0.15, -0.1) is 0 Å². The molecule has 0 unspecified atom stereocenters. The van der Waals surface area contributed by atoms with Gasteiger partial charge >= 0.3 is 6.18 Å². The summed E-state index contributed by atoms with van der Waals surface area (Å²) in [5.74, 6) is 0.199. The number of benzene rings is 1. The van der Waals surface area contributed by atoms with Crippen molar-refractivity contribution in [2.24, 2.45) is 0 Å². The van der Waals surface area contributed by atoms with Gasteiger partial charge in [-0.05, 0) is 18.2 Å². The number of nitrogens with zero attached hydrogens (tertiary/aromatic N) is 2. The highest BCUT2D eigenvalue weighted by Gasteiger charge is 2.33. The minimum atomic E-state index is -4.43. The van der Waals surface area contributed by atoms with Crippen molar-refractivity contribution in [1.82, 2.24) is 15.0 Å². The van der Waals surface area contributed by atoms with Gasteiger partial charge < -0.3 is 16.0 Å². The largest absolute Gasteiger partial charge is 0.418 e. The first-order valence-electron chi connectivity index (χ1n) is 5.98. The topological polar surface area (TPSA) is 79.6 Å². The van der Waals surface area contributed by atoms with Crippen LogP contribution in [0.15, 0.2) is 36.5 Å². The van der Waals surface area contributed by atoms with Crippen molar-refractivity contribution in [3.05, 3.63) is 42.1 Å². The molecule has 21 heavy (non-hydrogen) atoms. The summed E-state index contributed by atoms with van der Waals surface area (Å²) in [5.41, 5.74) is 6.07. The zero-order valence-electron chi connectivity index (χ0n) is 10.6. The number of hydrogen-bond acceptors (Lipinski definition) is 4. The van der Waals surface area contributed by atoms with Crippen molar-refractivity contribution < 1.29 is 13.2 Å². The second-order valence-corrected chi connectivity index (χ2v) is 4.39. The van der Waals surface area contributed by atoms with E-state index in [-0.39, 0.29) is 11.6 Å². The quantitative estimate of drug-likeness (QED) is 0.677. The molecule has 1 aromatic carbocycles. The molecule has 0 fully saturated rings. The maximum atomic E-state index is 12.9. The highest BCUT2D eigenvalue weighted by atomic mass is 19.4. The highest BCUT2D eigenvalue weighted by molar-refractivity contribution is 5.78. The summed E-state index contributed by atoms with van der Waals surface area (Å²) < 4.78 is 38.8. The van der Waals surface area contributed by atoms with Gasteiger partial charge in [-0.25, -0.2) is 4.98 Å². The lowest BCUT2D eigenvalue weighted by atomic mass is 10.1. The van der Waals surface area contributed by atoms with Gasteiger partial charge in [0.05, 0.1) is 28.7 Å². The maximum absolute atomic E-state index is 12.9. The van der Waals surface area contributed by atoms with Crippen molar-refractivity contribution in [2.45, 2.75) is 6.18 Å². The second kappa shape index (κ2) is 4.65. The van der Waals surface area contributed by atoms with Gasteiger partial charge in [0, 0.05) is 0 Å². The number of imidazole rings is 1. The van der Waals surface area contributed by atoms with Crippen LogP contribution >= 0.6 is 0 Å². The van der Waals surface area contributed by atoms with Crippen LogP contribution < -0.4 is 11.1 Å². The molecule has 108 valence electrons. The molecule has 3 rings (SSSR count). The number of aromatic amines is 1. The molecule has 0 aliphatic rings. The van der Waals surface area contributed by atoms with E-state index in [4.69, 9.17) is 5.73 Å². The Morgan fingerprint density at radius 2 is 1.95 bits per heavy atom. The second-order valence-electron chi connectivity index (χ2n) is 4.39. The summed E-state index contributed by atoms with van der Waals surface area (Å²) in [6.07, 6.45) is -3.03. The monoisotopic (exact) mass is 293 g/mol. The molecule has 0 aliphatic heterocycles. The number of nitrogen functional groups attached to an aromatic ring is 1. The third-order valence-electron chi connectivity index (χ3n) is 2.87. The van der Waals surface area contributed by atoms with Crippen LogP contribution in [-0.4, -0.2) is 15.0 Å². The van der Waals surface area contributed by atoms with E-state index < -0.39 is 11.7 Å². The molecule has 0 amide bonds. The number of para-hydroxylation sites is 1. The fourth-order valence-electron chi connectivity index (χ4n) is 1.98. The number of anilines is 3. The summed E-state index contributed by atoms with van der Waals surface area (Å²) in [6, 6.07) is 6.83. The number of rotatable bonds is 2. The highest BCUT2D eigenvalue weighted by Crippen LogP contribution is 2.35. The van der Waals surface area contributed by atoms with Crippen molar-refractivity contribution in [3.63, 3.8) is 0 Å². The molecule has 8 heteroatoms. The molecule has 0 radical (unpaired) electrons. The Kier molecular flexibility index (Phi) is 2.93. The van der Waals surface area contributed by atoms with E-state index in [0.717, 1.165) is 6.07 Å². The molecular weight excluding hydrogens is 283 g/mol. The number of aromatic nitrogens is 3. The van der Waals surface area contributed by atoms with Crippen molar-refractivity contribution >= 4 is 28.5 Å². The number of halogens is 3. The number of pyridine rings is 1. The Bertz CT molecular complexity index is 794. The van der Waals surface area contributed by atoms with Gasteiger partial charge in [0.1, 0.15) is 0 Å². The standard InChI is InChI=1S/C13H10F3N5/c14-13(15,16)8-3-1-2-4-9(8)19-7-5-10-11(18-6-7)21-12(17)20-10/h1-6,19H,(H3,17,18,20,21). The molecule has 2 aromatic heterocycles. The van der Waals surface area contributed by atoms with Crippen LogP contribution in [0.25, 0.3) is 11.2 Å². The van der Waals surface area contributed by atoms with Crippen LogP contribution in [0, 0.1) is 0 Å². The number of fused-ring (bicyclic) bond motifs is 1. The van der Waals surface area contributed by atoms with E-state index in [1.807, 2.05) is 0 Å². The molecule has 0 bridgehead atoms. The van der Waals surface area contributed by atoms with Crippen LogP contribution in [-0.2, 0) is 6.18 Å². The number of hydrogen-bond donors (Lipinski definition) is 3. The van der Waals surface area contributed by atoms with Gasteiger partial charge in [-0.2, -0.15) is 18.2 Å². The third kappa shape index (κ3) is 2.60. The van der Waals surface area contributed by atoms with Crippen molar-refractivity contribution in [3.8, 4) is 0 Å². The zero-order valence-corrected chi connectivity index (χ0v) is 10.6. The van der Waals surface area contributed by atoms with Crippen LogP contribution in [0.3, 0.4) is 0 Å². The Morgan fingerprint density at radius 1 is 1.19 bits per heavy atom. The lowest BCUT2D eigenvalue weighted by molar-refractivity contribution is -0.136. The van der Waals surface area contributed by atoms with E-state index in [2.05, 4.69) is 20.3 Å². The molecule has 0 spiro atoms. The molecule has 5 nitrogen and oxygen atoms in total. The smallest absolute Gasteiger partial charge is 0.369 e. The maximum Gasteiger partial charge on any atom is 0.418 e. The summed E-state index contributed by atoms with van der Waals surface area (Å²) >= 11 is 0. The fraction of sp³-hybridized carbons (Fsp3) is 0.0769. The third-order valence-corrected chi connectivity index (χ3v) is 2.87. The fourth-order valence-corrected chi connectivity index (χ4v) is 1.98. The van der Waals surface area contributed by atoms with E-state index in [9.17, 15) is 13.2 Å². The number of nitrogens with two attached hydrogens (primary N) is 1. The van der Waals surface area contributed by atoms with Crippen LogP contribution in [0.5, 0.6) is 0 Å². The first kappa shape index (κ1) is 13.2. The number of H-pyrrole nitrogens is 1. The zero-order chi connectivity index (χ0) is 15.0. The normalized spacial score (nSPS) is 11.8. The molecule has 0 saturated heterocycles. The molecule has 3 aromatic rings. The number of alkyl halides is 3. The number of nitrogens with one attached hydrogen (secondary N) is 2. The molecule has 2 heterocycles. The molecule has 0 aliphatic carbocycles. The summed E-state index contributed by atoms with van der Waals surface area (Å²) in [7, 11) is 0. The molecule has 0 saturated carbocycles. The summed E-state index contributed by atoms with van der Waals surface area (Å²) in [5, 5.41) is 2.71. The molecular formula is C13H10F3N5. The van der Waals surface area contributed by atoms with Crippen LogP contribution in [0.4, 0.5) is 30.5 Å². The van der Waals surface area contributed by atoms with E-state index in [1.165, 1.54) is 24.4 Å². The lowest BCUT2D eigenvalue weighted by Gasteiger charge is -2.14. The van der Waals surface area contributed by atoms with Crippen molar-refractivity contribution in [2.75, 3.05) is 11.1 Å². The average molecular weight is 293 g/mol. The van der Waals surface area contributed by atoms with Gasteiger partial charge in [0.25, 0.3) is 0 Å². The Morgan fingerprint density at radius 3 is 2.71 bits per heavy atom. The van der Waals surface area contributed by atoms with Gasteiger partial charge in [0.2, 0.25) is 0 Å². The van der Waals surface area contributed by atoms with Gasteiger partial charge in [-0.1, -0.05) is 12.1 Å². The van der Waals surface area contributed by atoms with Crippen LogP contribution in [0.1, 0.15) is 5.56 Å². The Hall–Kier alpha value is -2.77. The summed E-state index contributed by atoms with van der Waals surface area (Å²) in [4.78, 5) is 10.7. The van der Waals surface area contributed by atoms with E-state index >= 15 is 0 Å². The van der Waals surface area contributed by atoms with Crippen molar-refractivity contribution in [1.29, 1.82) is 0 Å². The SMILES string of the molecule is Nc1nc2ncc(Nc3ccccc3C(F)(F)F)cc2[nH]1. The predicted molar refractivity (Wildman–Crippen MR) is 73.0 cm³/mol. The summed E-state index contributed by atoms with van der Waals surface area (Å²) in [6.45, 7) is 0. The van der Waals surface area contributed by atoms with E-state index in [0.29, 0.717) is 16.9 Å². The predicted octanol–water partition coefficient (Wildman–Crippen LogP) is 3.30. The minimum Gasteiger partial charge on any atom is -0.369 e. The van der Waals surface area contributed by atoms with E-state index in [1.54, 1.807) is 6.07 Å². The first-order chi connectivity index (χ1) is 9.93. The average Bonchev–Trinajstić information content (AvgIpc) is 2.77. The Balaban J connectivity index is 1.98. The molecule has 4 N–H and O–H groups in total. The Labute approximate surface area is 117 Å². The first-order valence-corrected chi connectivity index (χ1v) is 5.98. The minimum absolute atomic E-state index is 0.0429.